The second-order valence-electron chi connectivity index (χ2n) is 5.81. The van der Waals surface area contributed by atoms with Crippen molar-refractivity contribution in [3.63, 3.8) is 0 Å². The summed E-state index contributed by atoms with van der Waals surface area (Å²) < 4.78 is 7.34. The number of aromatic nitrogens is 4. The lowest BCUT2D eigenvalue weighted by molar-refractivity contribution is 0.0912. The third-order valence-corrected chi connectivity index (χ3v) is 4.87. The number of rotatable bonds is 6. The van der Waals surface area contributed by atoms with E-state index in [9.17, 15) is 4.79 Å². The molecule has 0 spiro atoms. The van der Waals surface area contributed by atoms with Crippen molar-refractivity contribution in [2.24, 2.45) is 0 Å². The van der Waals surface area contributed by atoms with Crippen LogP contribution in [0.3, 0.4) is 0 Å². The predicted molar refractivity (Wildman–Crippen MR) is 87.8 cm³/mol. The maximum Gasteiger partial charge on any atom is 0.209 e. The summed E-state index contributed by atoms with van der Waals surface area (Å²) in [7, 11) is 0. The van der Waals surface area contributed by atoms with Gasteiger partial charge in [-0.1, -0.05) is 35.5 Å². The van der Waals surface area contributed by atoms with Crippen molar-refractivity contribution in [2.45, 2.75) is 44.5 Å². The first kappa shape index (κ1) is 16.1. The topological polar surface area (TPSA) is 69.9 Å². The lowest BCUT2D eigenvalue weighted by Crippen LogP contribution is -2.17. The molecule has 0 aliphatic carbocycles. The van der Waals surface area contributed by atoms with E-state index >= 15 is 0 Å². The number of carbonyl (C=O) groups is 1. The van der Waals surface area contributed by atoms with Gasteiger partial charge >= 0.3 is 0 Å². The zero-order chi connectivity index (χ0) is 16.2. The Morgan fingerprint density at radius 3 is 3.04 bits per heavy atom. The minimum absolute atomic E-state index is 0.0965. The number of hydrogen-bond acceptors (Lipinski definition) is 6. The molecule has 1 aliphatic rings. The van der Waals surface area contributed by atoms with E-state index in [-0.39, 0.29) is 11.9 Å². The Kier molecular flexibility index (Phi) is 5.07. The van der Waals surface area contributed by atoms with E-state index in [0.29, 0.717) is 17.5 Å². The molecule has 0 saturated carbocycles. The summed E-state index contributed by atoms with van der Waals surface area (Å²) in [4.78, 5) is 12.4. The van der Waals surface area contributed by atoms with Crippen LogP contribution in [0.2, 0.25) is 0 Å². The van der Waals surface area contributed by atoms with Crippen LogP contribution >= 0.6 is 11.8 Å². The molecule has 0 radical (unpaired) electrons. The number of nitrogens with zero attached hydrogens (tertiary/aromatic N) is 4. The SMILES string of the molecule is Cc1ccc(C(=O)CSc2nnnn2C[C@H]2CCCO2)c(C)c1. The van der Waals surface area contributed by atoms with E-state index in [4.69, 9.17) is 4.74 Å². The molecule has 0 amide bonds. The van der Waals surface area contributed by atoms with Crippen molar-refractivity contribution < 1.29 is 9.53 Å². The number of carbonyl (C=O) groups excluding carboxylic acids is 1. The lowest BCUT2D eigenvalue weighted by Gasteiger charge is -2.10. The van der Waals surface area contributed by atoms with Crippen molar-refractivity contribution in [2.75, 3.05) is 12.4 Å². The smallest absolute Gasteiger partial charge is 0.209 e. The van der Waals surface area contributed by atoms with Crippen molar-refractivity contribution in [3.8, 4) is 0 Å². The molecule has 0 bridgehead atoms. The van der Waals surface area contributed by atoms with Crippen molar-refractivity contribution in [1.29, 1.82) is 0 Å². The molecule has 2 heterocycles. The Morgan fingerprint density at radius 2 is 2.30 bits per heavy atom. The van der Waals surface area contributed by atoms with Gasteiger partial charge in [0.05, 0.1) is 18.4 Å². The number of hydrogen-bond donors (Lipinski definition) is 0. The Hall–Kier alpha value is -1.73. The Morgan fingerprint density at radius 1 is 1.43 bits per heavy atom. The minimum Gasteiger partial charge on any atom is -0.376 e. The van der Waals surface area contributed by atoms with Gasteiger partial charge in [-0.2, -0.15) is 0 Å². The second kappa shape index (κ2) is 7.23. The van der Waals surface area contributed by atoms with Gasteiger partial charge in [0.25, 0.3) is 0 Å². The number of benzene rings is 1. The quantitative estimate of drug-likeness (QED) is 0.598. The molecular weight excluding hydrogens is 312 g/mol. The first-order valence-corrected chi connectivity index (χ1v) is 8.73. The average Bonchev–Trinajstić information content (AvgIpc) is 3.17. The molecule has 0 unspecified atom stereocenters. The fraction of sp³-hybridized carbons (Fsp3) is 0.500. The summed E-state index contributed by atoms with van der Waals surface area (Å²) in [6.45, 7) is 5.44. The number of ketones is 1. The van der Waals surface area contributed by atoms with Gasteiger partial charge in [-0.15, -0.1) is 5.10 Å². The van der Waals surface area contributed by atoms with Crippen molar-refractivity contribution >= 4 is 17.5 Å². The first-order valence-electron chi connectivity index (χ1n) is 7.74. The molecule has 3 rings (SSSR count). The molecule has 2 aromatic rings. The molecule has 23 heavy (non-hydrogen) atoms. The zero-order valence-electron chi connectivity index (χ0n) is 13.4. The van der Waals surface area contributed by atoms with E-state index in [1.54, 1.807) is 4.68 Å². The molecule has 7 heteroatoms. The van der Waals surface area contributed by atoms with Crippen LogP contribution in [0.5, 0.6) is 0 Å². The normalized spacial score (nSPS) is 17.6. The van der Waals surface area contributed by atoms with Gasteiger partial charge in [-0.05, 0) is 42.7 Å². The summed E-state index contributed by atoms with van der Waals surface area (Å²) in [5.74, 6) is 0.426. The van der Waals surface area contributed by atoms with Crippen LogP contribution in [-0.2, 0) is 11.3 Å². The monoisotopic (exact) mass is 332 g/mol. The minimum atomic E-state index is 0.0965. The van der Waals surface area contributed by atoms with Crippen LogP contribution in [-0.4, -0.2) is 44.5 Å². The van der Waals surface area contributed by atoms with Crippen LogP contribution in [0.1, 0.15) is 34.3 Å². The molecule has 1 saturated heterocycles. The molecule has 122 valence electrons. The summed E-state index contributed by atoms with van der Waals surface area (Å²) in [6.07, 6.45) is 2.29. The van der Waals surface area contributed by atoms with Gasteiger partial charge in [0.1, 0.15) is 0 Å². The zero-order valence-corrected chi connectivity index (χ0v) is 14.2. The summed E-state index contributed by atoms with van der Waals surface area (Å²) in [5, 5.41) is 12.4. The van der Waals surface area contributed by atoms with Crippen molar-refractivity contribution in [3.05, 3.63) is 34.9 Å². The van der Waals surface area contributed by atoms with Crippen LogP contribution in [0, 0.1) is 13.8 Å². The highest BCUT2D eigenvalue weighted by molar-refractivity contribution is 7.99. The first-order chi connectivity index (χ1) is 11.1. The summed E-state index contributed by atoms with van der Waals surface area (Å²) >= 11 is 1.37. The lowest BCUT2D eigenvalue weighted by atomic mass is 10.0. The van der Waals surface area contributed by atoms with Crippen LogP contribution in [0.15, 0.2) is 23.4 Å². The van der Waals surface area contributed by atoms with Crippen LogP contribution in [0.25, 0.3) is 0 Å². The number of aryl methyl sites for hydroxylation is 2. The third kappa shape index (κ3) is 3.97. The van der Waals surface area contributed by atoms with E-state index in [1.807, 2.05) is 32.0 Å². The largest absolute Gasteiger partial charge is 0.376 e. The standard InChI is InChI=1S/C16H20N4O2S/c1-11-5-6-14(12(2)8-11)15(21)10-23-16-17-18-19-20(16)9-13-4-3-7-22-13/h5-6,8,13H,3-4,7,9-10H2,1-2H3/t13-/m1/s1. The molecule has 6 nitrogen and oxygen atoms in total. The van der Waals surface area contributed by atoms with E-state index in [0.717, 1.165) is 36.1 Å². The van der Waals surface area contributed by atoms with E-state index < -0.39 is 0 Å². The third-order valence-electron chi connectivity index (χ3n) is 3.91. The van der Waals surface area contributed by atoms with Gasteiger partial charge in [0, 0.05) is 12.2 Å². The molecule has 1 aromatic heterocycles. The van der Waals surface area contributed by atoms with Crippen LogP contribution < -0.4 is 0 Å². The highest BCUT2D eigenvalue weighted by atomic mass is 32.2. The molecule has 1 atom stereocenters. The Balaban J connectivity index is 1.62. The number of thioether (sulfide) groups is 1. The van der Waals surface area contributed by atoms with E-state index in [1.165, 1.54) is 11.8 Å². The maximum absolute atomic E-state index is 12.4. The van der Waals surface area contributed by atoms with E-state index in [2.05, 4.69) is 15.5 Å². The molecular formula is C16H20N4O2S. The van der Waals surface area contributed by atoms with Gasteiger partial charge in [-0.3, -0.25) is 4.79 Å². The highest BCUT2D eigenvalue weighted by Gasteiger charge is 2.19. The molecule has 1 fully saturated rings. The summed E-state index contributed by atoms with van der Waals surface area (Å²) in [5.41, 5.74) is 2.93. The van der Waals surface area contributed by atoms with Gasteiger partial charge in [0.15, 0.2) is 5.78 Å². The Bertz CT molecular complexity index is 695. The van der Waals surface area contributed by atoms with Gasteiger partial charge in [0.2, 0.25) is 5.16 Å². The molecule has 1 aliphatic heterocycles. The number of ether oxygens (including phenoxy) is 1. The number of tetrazole rings is 1. The second-order valence-corrected chi connectivity index (χ2v) is 6.75. The molecule has 1 aromatic carbocycles. The van der Waals surface area contributed by atoms with Crippen LogP contribution in [0.4, 0.5) is 0 Å². The predicted octanol–water partition coefficient (Wildman–Crippen LogP) is 2.44. The summed E-state index contributed by atoms with van der Waals surface area (Å²) in [6, 6.07) is 5.88. The fourth-order valence-electron chi connectivity index (χ4n) is 2.73. The van der Waals surface area contributed by atoms with Gasteiger partial charge < -0.3 is 4.74 Å². The fourth-order valence-corrected chi connectivity index (χ4v) is 3.50. The molecule has 0 N–H and O–H groups in total. The van der Waals surface area contributed by atoms with Crippen molar-refractivity contribution in [1.82, 2.24) is 20.2 Å². The maximum atomic E-state index is 12.4. The number of Topliss-reactive ketones (excluding diaryl/α,β-unsaturated/α-hetero) is 1. The Labute approximate surface area is 139 Å². The van der Waals surface area contributed by atoms with Gasteiger partial charge in [-0.25, -0.2) is 4.68 Å². The average molecular weight is 332 g/mol. The highest BCUT2D eigenvalue weighted by Crippen LogP contribution is 2.20.